The van der Waals surface area contributed by atoms with Gasteiger partial charge >= 0.3 is 0 Å². The maximum Gasteiger partial charge on any atom is 0.0146 e. The van der Waals surface area contributed by atoms with Crippen LogP contribution in [-0.4, -0.2) is 0 Å². The van der Waals surface area contributed by atoms with E-state index in [0.717, 1.165) is 5.92 Å². The molecular weight excluding hydrogens is 216 g/mol. The predicted molar refractivity (Wildman–Crippen MR) is 77.0 cm³/mol. The van der Waals surface area contributed by atoms with Crippen molar-refractivity contribution in [3.63, 3.8) is 0 Å². The van der Waals surface area contributed by atoms with Crippen molar-refractivity contribution in [2.24, 2.45) is 0 Å². The molecule has 0 amide bonds. The highest BCUT2D eigenvalue weighted by molar-refractivity contribution is 5.39. The number of hydrogen-bond donors (Lipinski definition) is 0. The lowest BCUT2D eigenvalue weighted by molar-refractivity contribution is 0.640. The van der Waals surface area contributed by atoms with Gasteiger partial charge in [0.2, 0.25) is 0 Å². The lowest BCUT2D eigenvalue weighted by Crippen LogP contribution is -2.18. The largest absolute Gasteiger partial charge is 0.0622 e. The van der Waals surface area contributed by atoms with Crippen molar-refractivity contribution in [2.45, 2.75) is 38.0 Å². The van der Waals surface area contributed by atoms with Crippen molar-refractivity contribution < 1.29 is 0 Å². The van der Waals surface area contributed by atoms with Crippen LogP contribution < -0.4 is 0 Å². The van der Waals surface area contributed by atoms with Crippen LogP contribution in [0.4, 0.5) is 0 Å². The van der Waals surface area contributed by atoms with E-state index in [1.54, 1.807) is 0 Å². The summed E-state index contributed by atoms with van der Waals surface area (Å²) in [6.45, 7) is 4.60. The Labute approximate surface area is 110 Å². The van der Waals surface area contributed by atoms with Crippen molar-refractivity contribution in [1.29, 1.82) is 0 Å². The van der Waals surface area contributed by atoms with E-state index in [9.17, 15) is 0 Å². The number of benzene rings is 2. The van der Waals surface area contributed by atoms with Gasteiger partial charge in [0.05, 0.1) is 0 Å². The number of rotatable bonds is 3. The lowest BCUT2D eigenvalue weighted by Gasteiger charge is -2.26. The molecule has 1 aliphatic carbocycles. The number of hydrogen-bond acceptors (Lipinski definition) is 0. The quantitative estimate of drug-likeness (QED) is 0.711. The molecule has 0 aliphatic heterocycles. The first-order valence-electron chi connectivity index (χ1n) is 6.84. The fraction of sp³-hybridized carbons (Fsp3) is 0.333. The van der Waals surface area contributed by atoms with Gasteiger partial charge < -0.3 is 0 Å². The topological polar surface area (TPSA) is 0 Å². The van der Waals surface area contributed by atoms with Crippen molar-refractivity contribution >= 4 is 0 Å². The minimum Gasteiger partial charge on any atom is -0.0622 e. The van der Waals surface area contributed by atoms with Gasteiger partial charge in [-0.3, -0.25) is 0 Å². The van der Waals surface area contributed by atoms with E-state index >= 15 is 0 Å². The second-order valence-electron chi connectivity index (χ2n) is 5.89. The average Bonchev–Trinajstić information content (AvgIpc) is 3.24. The molecule has 0 spiro atoms. The molecule has 1 saturated carbocycles. The zero-order chi connectivity index (χ0) is 12.6. The highest BCUT2D eigenvalue weighted by Crippen LogP contribution is 2.41. The Bertz CT molecular complexity index is 516. The monoisotopic (exact) mass is 236 g/mol. The molecule has 0 saturated heterocycles. The summed E-state index contributed by atoms with van der Waals surface area (Å²) in [5.41, 5.74) is 4.38. The molecule has 0 unspecified atom stereocenters. The Morgan fingerprint density at radius 1 is 0.778 bits per heavy atom. The van der Waals surface area contributed by atoms with Crippen LogP contribution in [0.25, 0.3) is 0 Å². The van der Waals surface area contributed by atoms with Crippen molar-refractivity contribution in [3.05, 3.63) is 71.3 Å². The molecule has 0 heterocycles. The van der Waals surface area contributed by atoms with Crippen molar-refractivity contribution in [3.8, 4) is 0 Å². The first kappa shape index (κ1) is 11.5. The van der Waals surface area contributed by atoms with E-state index < -0.39 is 0 Å². The van der Waals surface area contributed by atoms with Crippen LogP contribution in [0.3, 0.4) is 0 Å². The maximum absolute atomic E-state index is 2.32. The summed E-state index contributed by atoms with van der Waals surface area (Å²) in [5, 5.41) is 0. The summed E-state index contributed by atoms with van der Waals surface area (Å²) in [6, 6.07) is 20.0. The highest BCUT2D eigenvalue weighted by atomic mass is 14.3. The van der Waals surface area contributed by atoms with Crippen LogP contribution >= 0.6 is 0 Å². The van der Waals surface area contributed by atoms with E-state index in [0.29, 0.717) is 0 Å². The van der Waals surface area contributed by atoms with E-state index in [1.807, 2.05) is 0 Å². The molecule has 92 valence electrons. The van der Waals surface area contributed by atoms with Gasteiger partial charge in [-0.25, -0.2) is 0 Å². The summed E-state index contributed by atoms with van der Waals surface area (Å²) in [5.74, 6) is 0.846. The molecule has 2 aromatic carbocycles. The van der Waals surface area contributed by atoms with E-state index in [4.69, 9.17) is 0 Å². The first-order valence-corrected chi connectivity index (χ1v) is 6.84. The fourth-order valence-corrected chi connectivity index (χ4v) is 2.61. The third kappa shape index (κ3) is 2.08. The molecule has 2 aromatic rings. The van der Waals surface area contributed by atoms with Gasteiger partial charge in [0.25, 0.3) is 0 Å². The second-order valence-corrected chi connectivity index (χ2v) is 5.89. The smallest absolute Gasteiger partial charge is 0.0146 e. The summed E-state index contributed by atoms with van der Waals surface area (Å²) >= 11 is 0. The zero-order valence-electron chi connectivity index (χ0n) is 11.2. The van der Waals surface area contributed by atoms with Crippen molar-refractivity contribution in [2.75, 3.05) is 0 Å². The molecular formula is C18H20. The average molecular weight is 236 g/mol. The van der Waals surface area contributed by atoms with Crippen LogP contribution in [0.15, 0.2) is 54.6 Å². The molecule has 0 aromatic heterocycles. The van der Waals surface area contributed by atoms with Gasteiger partial charge in [-0.2, -0.15) is 0 Å². The zero-order valence-corrected chi connectivity index (χ0v) is 11.2. The molecule has 1 aliphatic rings. The molecule has 1 fully saturated rings. The molecule has 0 atom stereocenters. The summed E-state index contributed by atoms with van der Waals surface area (Å²) in [6.07, 6.45) is 2.75. The van der Waals surface area contributed by atoms with Gasteiger partial charge in [0.15, 0.2) is 0 Å². The first-order chi connectivity index (χ1) is 8.68. The minimum atomic E-state index is 0.0866. The molecule has 0 bridgehead atoms. The van der Waals surface area contributed by atoms with Crippen LogP contribution in [0.1, 0.15) is 49.3 Å². The van der Waals surface area contributed by atoms with Gasteiger partial charge in [0, 0.05) is 5.41 Å². The molecule has 0 N–H and O–H groups in total. The Balaban J connectivity index is 1.92. The van der Waals surface area contributed by atoms with Gasteiger partial charge in [-0.15, -0.1) is 0 Å². The Morgan fingerprint density at radius 3 is 1.89 bits per heavy atom. The van der Waals surface area contributed by atoms with Crippen LogP contribution in [-0.2, 0) is 5.41 Å². The maximum atomic E-state index is 2.32. The van der Waals surface area contributed by atoms with Crippen molar-refractivity contribution in [1.82, 2.24) is 0 Å². The van der Waals surface area contributed by atoms with Crippen LogP contribution in [0.5, 0.6) is 0 Å². The van der Waals surface area contributed by atoms with Gasteiger partial charge in [0.1, 0.15) is 0 Å². The molecule has 0 radical (unpaired) electrons. The van der Waals surface area contributed by atoms with Gasteiger partial charge in [-0.1, -0.05) is 68.4 Å². The molecule has 0 heteroatoms. The van der Waals surface area contributed by atoms with E-state index in [-0.39, 0.29) is 5.41 Å². The SMILES string of the molecule is CC(C)(c1ccccc1)c1ccc(C2CC2)cc1. The van der Waals surface area contributed by atoms with E-state index in [1.165, 1.54) is 29.5 Å². The minimum absolute atomic E-state index is 0.0866. The Kier molecular flexibility index (Phi) is 2.74. The molecule has 18 heavy (non-hydrogen) atoms. The standard InChI is InChI=1S/C18H20/c1-18(2,16-6-4-3-5-7-16)17-12-10-15(11-13-17)14-8-9-14/h3-7,10-14H,8-9H2,1-2H3. The molecule has 0 nitrogen and oxygen atoms in total. The second kappa shape index (κ2) is 4.28. The Hall–Kier alpha value is -1.56. The third-order valence-corrected chi connectivity index (χ3v) is 4.18. The summed E-state index contributed by atoms with van der Waals surface area (Å²) < 4.78 is 0. The van der Waals surface area contributed by atoms with Gasteiger partial charge in [-0.05, 0) is 35.4 Å². The highest BCUT2D eigenvalue weighted by Gasteiger charge is 2.26. The van der Waals surface area contributed by atoms with Crippen LogP contribution in [0.2, 0.25) is 0 Å². The normalized spacial score (nSPS) is 15.7. The molecule has 3 rings (SSSR count). The lowest BCUT2D eigenvalue weighted by atomic mass is 9.78. The third-order valence-electron chi connectivity index (χ3n) is 4.18. The fourth-order valence-electron chi connectivity index (χ4n) is 2.61. The predicted octanol–water partition coefficient (Wildman–Crippen LogP) is 4.89. The Morgan fingerprint density at radius 2 is 1.33 bits per heavy atom. The summed E-state index contributed by atoms with van der Waals surface area (Å²) in [4.78, 5) is 0. The van der Waals surface area contributed by atoms with Crippen LogP contribution in [0, 0.1) is 0 Å². The summed E-state index contributed by atoms with van der Waals surface area (Å²) in [7, 11) is 0. The van der Waals surface area contributed by atoms with E-state index in [2.05, 4.69) is 68.4 Å².